The summed E-state index contributed by atoms with van der Waals surface area (Å²) in [6.07, 6.45) is -3.38. The van der Waals surface area contributed by atoms with Crippen molar-refractivity contribution < 1.29 is 32.3 Å². The van der Waals surface area contributed by atoms with Gasteiger partial charge in [0, 0.05) is 6.04 Å². The van der Waals surface area contributed by atoms with Crippen LogP contribution in [0.25, 0.3) is 0 Å². The van der Waals surface area contributed by atoms with Crippen molar-refractivity contribution in [2.24, 2.45) is 0 Å². The average molecular weight is 305 g/mol. The fourth-order valence-corrected chi connectivity index (χ4v) is 2.11. The molecule has 0 heterocycles. The Bertz CT molecular complexity index is 569. The summed E-state index contributed by atoms with van der Waals surface area (Å²) in [6, 6.07) is -0.425. The van der Waals surface area contributed by atoms with E-state index >= 15 is 0 Å². The zero-order chi connectivity index (χ0) is 15.8. The molecule has 0 aliphatic heterocycles. The van der Waals surface area contributed by atoms with Gasteiger partial charge in [-0.3, -0.25) is 4.79 Å². The van der Waals surface area contributed by atoms with Crippen LogP contribution in [0, 0.1) is 5.82 Å². The second-order valence-corrected chi connectivity index (χ2v) is 4.80. The van der Waals surface area contributed by atoms with Crippen molar-refractivity contribution in [1.82, 2.24) is 4.90 Å². The molecule has 1 saturated carbocycles. The van der Waals surface area contributed by atoms with Crippen molar-refractivity contribution in [3.63, 3.8) is 0 Å². The lowest BCUT2D eigenvalue weighted by Gasteiger charge is -2.25. The summed E-state index contributed by atoms with van der Waals surface area (Å²) in [7, 11) is 0. The number of alkyl halides is 3. The third kappa shape index (κ3) is 3.32. The molecule has 0 bridgehead atoms. The van der Waals surface area contributed by atoms with Gasteiger partial charge in [0.2, 0.25) is 6.41 Å². The normalized spacial score (nSPS) is 16.4. The van der Waals surface area contributed by atoms with Gasteiger partial charge in [-0.2, -0.15) is 13.2 Å². The number of benzene rings is 1. The fourth-order valence-electron chi connectivity index (χ4n) is 2.11. The summed E-state index contributed by atoms with van der Waals surface area (Å²) in [5, 5.41) is 9.19. The maximum absolute atomic E-state index is 13.4. The van der Waals surface area contributed by atoms with Crippen LogP contribution in [0.5, 0.6) is 0 Å². The number of carbonyl (C=O) groups excluding carboxylic acids is 1. The molecule has 0 saturated heterocycles. The van der Waals surface area contributed by atoms with Crippen LogP contribution in [0.2, 0.25) is 0 Å². The van der Waals surface area contributed by atoms with Gasteiger partial charge in [0.25, 0.3) is 0 Å². The fraction of sp³-hybridized carbons (Fsp3) is 0.385. The number of nitrogens with zero attached hydrogens (tertiary/aromatic N) is 1. The summed E-state index contributed by atoms with van der Waals surface area (Å²) in [5.41, 5.74) is -1.70. The minimum absolute atomic E-state index is 0.272. The van der Waals surface area contributed by atoms with Crippen molar-refractivity contribution in [2.75, 3.05) is 0 Å². The lowest BCUT2D eigenvalue weighted by atomic mass is 10.0. The molecule has 1 aliphatic rings. The molecule has 1 aromatic carbocycles. The molecule has 4 nitrogen and oxygen atoms in total. The quantitative estimate of drug-likeness (QED) is 0.672. The van der Waals surface area contributed by atoms with E-state index in [2.05, 4.69) is 0 Å². The van der Waals surface area contributed by atoms with Gasteiger partial charge in [0.1, 0.15) is 5.82 Å². The molecule has 0 radical (unpaired) electrons. The number of carboxylic acid groups (broad SMARTS) is 1. The van der Waals surface area contributed by atoms with Crippen LogP contribution < -0.4 is 0 Å². The van der Waals surface area contributed by atoms with Crippen molar-refractivity contribution in [3.05, 3.63) is 35.1 Å². The molecule has 0 spiro atoms. The van der Waals surface area contributed by atoms with Crippen LogP contribution in [-0.4, -0.2) is 28.4 Å². The van der Waals surface area contributed by atoms with E-state index in [9.17, 15) is 32.3 Å². The highest BCUT2D eigenvalue weighted by molar-refractivity contribution is 5.78. The van der Waals surface area contributed by atoms with Crippen LogP contribution in [0.4, 0.5) is 17.6 Å². The number of halogens is 4. The van der Waals surface area contributed by atoms with Gasteiger partial charge in [-0.1, -0.05) is 0 Å². The SMILES string of the molecule is O=CN(C1CC1)C(C(=O)O)c1cc(F)cc(C(F)(F)F)c1. The van der Waals surface area contributed by atoms with Crippen LogP contribution >= 0.6 is 0 Å². The zero-order valence-electron chi connectivity index (χ0n) is 10.6. The maximum Gasteiger partial charge on any atom is 0.416 e. The molecule has 1 aliphatic carbocycles. The molecular formula is C13H11F4NO3. The van der Waals surface area contributed by atoms with Gasteiger partial charge in [-0.15, -0.1) is 0 Å². The number of carbonyl (C=O) groups is 2. The summed E-state index contributed by atoms with van der Waals surface area (Å²) < 4.78 is 51.4. The first-order valence-corrected chi connectivity index (χ1v) is 6.07. The highest BCUT2D eigenvalue weighted by Crippen LogP contribution is 2.36. The number of hydrogen-bond acceptors (Lipinski definition) is 2. The molecular weight excluding hydrogens is 294 g/mol. The van der Waals surface area contributed by atoms with Crippen LogP contribution in [-0.2, 0) is 15.8 Å². The van der Waals surface area contributed by atoms with Gasteiger partial charge < -0.3 is 10.0 Å². The Hall–Kier alpha value is -2.12. The molecule has 1 aromatic rings. The van der Waals surface area contributed by atoms with E-state index in [1.54, 1.807) is 0 Å². The Morgan fingerprint density at radius 3 is 2.38 bits per heavy atom. The zero-order valence-corrected chi connectivity index (χ0v) is 10.6. The molecule has 1 atom stereocenters. The Labute approximate surface area is 117 Å². The molecule has 1 fully saturated rings. The number of amides is 1. The first kappa shape index (κ1) is 15.3. The lowest BCUT2D eigenvalue weighted by molar-refractivity contribution is -0.147. The van der Waals surface area contributed by atoms with Crippen molar-refractivity contribution in [1.29, 1.82) is 0 Å². The smallest absolute Gasteiger partial charge is 0.416 e. The van der Waals surface area contributed by atoms with E-state index in [-0.39, 0.29) is 18.5 Å². The highest BCUT2D eigenvalue weighted by atomic mass is 19.4. The van der Waals surface area contributed by atoms with E-state index < -0.39 is 35.1 Å². The van der Waals surface area contributed by atoms with Crippen molar-refractivity contribution in [3.8, 4) is 0 Å². The topological polar surface area (TPSA) is 57.6 Å². The molecule has 0 aromatic heterocycles. The number of aliphatic carboxylic acids is 1. The summed E-state index contributed by atoms with van der Waals surface area (Å²) in [6.45, 7) is 0. The van der Waals surface area contributed by atoms with Crippen LogP contribution in [0.1, 0.15) is 30.0 Å². The Kier molecular flexibility index (Phi) is 3.89. The number of hydrogen-bond donors (Lipinski definition) is 1. The molecule has 114 valence electrons. The largest absolute Gasteiger partial charge is 0.479 e. The first-order valence-electron chi connectivity index (χ1n) is 6.07. The summed E-state index contributed by atoms with van der Waals surface area (Å²) in [5.74, 6) is -2.71. The van der Waals surface area contributed by atoms with Crippen molar-refractivity contribution in [2.45, 2.75) is 31.1 Å². The van der Waals surface area contributed by atoms with Gasteiger partial charge >= 0.3 is 12.1 Å². The van der Waals surface area contributed by atoms with Crippen molar-refractivity contribution >= 4 is 12.4 Å². The average Bonchev–Trinajstić information content (AvgIpc) is 3.17. The molecule has 21 heavy (non-hydrogen) atoms. The van der Waals surface area contributed by atoms with E-state index in [0.29, 0.717) is 25.0 Å². The summed E-state index contributed by atoms with van der Waals surface area (Å²) >= 11 is 0. The third-order valence-corrected chi connectivity index (χ3v) is 3.19. The van der Waals surface area contributed by atoms with Gasteiger partial charge in [0.15, 0.2) is 6.04 Å². The highest BCUT2D eigenvalue weighted by Gasteiger charge is 2.39. The van der Waals surface area contributed by atoms with Crippen LogP contribution in [0.15, 0.2) is 18.2 Å². The van der Waals surface area contributed by atoms with Gasteiger partial charge in [-0.05, 0) is 36.6 Å². The van der Waals surface area contributed by atoms with E-state index in [1.165, 1.54) is 0 Å². The van der Waals surface area contributed by atoms with Crippen LogP contribution in [0.3, 0.4) is 0 Å². The predicted octanol–water partition coefficient (Wildman–Crippen LogP) is 2.59. The second-order valence-electron chi connectivity index (χ2n) is 4.80. The number of carboxylic acids is 1. The first-order chi connectivity index (χ1) is 9.74. The standard InChI is InChI=1S/C13H11F4NO3/c14-9-4-7(3-8(5-9)13(15,16)17)11(12(20)21)18(6-19)10-1-2-10/h3-6,10-11H,1-2H2,(H,20,21). The van der Waals surface area contributed by atoms with Gasteiger partial charge in [0.05, 0.1) is 5.56 Å². The Balaban J connectivity index is 2.47. The molecule has 1 N–H and O–H groups in total. The second kappa shape index (κ2) is 5.34. The van der Waals surface area contributed by atoms with E-state index in [0.717, 1.165) is 4.90 Å². The Morgan fingerprint density at radius 1 is 1.33 bits per heavy atom. The number of rotatable bonds is 5. The van der Waals surface area contributed by atoms with Gasteiger partial charge in [-0.25, -0.2) is 9.18 Å². The minimum Gasteiger partial charge on any atom is -0.479 e. The monoisotopic (exact) mass is 305 g/mol. The molecule has 2 rings (SSSR count). The third-order valence-electron chi connectivity index (χ3n) is 3.19. The lowest BCUT2D eigenvalue weighted by Crippen LogP contribution is -2.35. The van der Waals surface area contributed by atoms with E-state index in [4.69, 9.17) is 0 Å². The minimum atomic E-state index is -4.80. The molecule has 1 amide bonds. The van der Waals surface area contributed by atoms with E-state index in [1.807, 2.05) is 0 Å². The maximum atomic E-state index is 13.4. The predicted molar refractivity (Wildman–Crippen MR) is 62.7 cm³/mol. The Morgan fingerprint density at radius 2 is 1.95 bits per heavy atom. The molecule has 1 unspecified atom stereocenters. The molecule has 8 heteroatoms. The summed E-state index contributed by atoms with van der Waals surface area (Å²) in [4.78, 5) is 23.2.